The minimum absolute atomic E-state index is 0.124. The molecule has 3 unspecified atom stereocenters. The highest BCUT2D eigenvalue weighted by atomic mass is 16.4. The van der Waals surface area contributed by atoms with E-state index in [1.807, 2.05) is 6.92 Å². The van der Waals surface area contributed by atoms with E-state index in [1.54, 1.807) is 12.4 Å². The monoisotopic (exact) mass is 279 g/mol. The molecular weight excluding hydrogens is 258 g/mol. The fourth-order valence-electron chi connectivity index (χ4n) is 2.89. The molecule has 6 nitrogen and oxygen atoms in total. The molecule has 20 heavy (non-hydrogen) atoms. The quantitative estimate of drug-likeness (QED) is 0.682. The molecule has 1 amide bonds. The molecule has 2 rings (SSSR count). The van der Waals surface area contributed by atoms with Crippen LogP contribution in [0.1, 0.15) is 32.0 Å². The van der Waals surface area contributed by atoms with Gasteiger partial charge in [0.05, 0.1) is 11.8 Å². The predicted octanol–water partition coefficient (Wildman–Crippen LogP) is 1.21. The summed E-state index contributed by atoms with van der Waals surface area (Å²) in [4.78, 5) is 30.3. The number of carbonyl (C=O) groups excluding carboxylic acids is 1. The van der Waals surface area contributed by atoms with Crippen molar-refractivity contribution in [3.63, 3.8) is 0 Å². The van der Waals surface area contributed by atoms with Gasteiger partial charge in [-0.2, -0.15) is 0 Å². The Hall–Kier alpha value is -1.85. The molecule has 0 aliphatic heterocycles. The molecule has 1 aliphatic rings. The molecule has 3 N–H and O–H groups in total. The van der Waals surface area contributed by atoms with Crippen molar-refractivity contribution in [2.75, 3.05) is 6.54 Å². The van der Waals surface area contributed by atoms with E-state index in [2.05, 4.69) is 15.3 Å². The van der Waals surface area contributed by atoms with Crippen molar-refractivity contribution in [3.05, 3.63) is 18.2 Å². The van der Waals surface area contributed by atoms with Crippen LogP contribution in [0, 0.1) is 17.8 Å². The molecule has 1 aromatic heterocycles. The van der Waals surface area contributed by atoms with E-state index in [-0.39, 0.29) is 11.8 Å². The van der Waals surface area contributed by atoms with E-state index >= 15 is 0 Å². The molecular formula is C14H21N3O3. The Morgan fingerprint density at radius 2 is 2.20 bits per heavy atom. The zero-order chi connectivity index (χ0) is 14.5. The van der Waals surface area contributed by atoms with E-state index < -0.39 is 11.9 Å². The normalized spacial score (nSPS) is 25.6. The van der Waals surface area contributed by atoms with Gasteiger partial charge in [-0.3, -0.25) is 9.59 Å². The van der Waals surface area contributed by atoms with Gasteiger partial charge in [0.15, 0.2) is 0 Å². The molecule has 1 fully saturated rings. The lowest BCUT2D eigenvalue weighted by Gasteiger charge is -2.15. The molecule has 3 atom stereocenters. The first-order valence-corrected chi connectivity index (χ1v) is 7.06. The van der Waals surface area contributed by atoms with Crippen LogP contribution < -0.4 is 5.32 Å². The molecule has 110 valence electrons. The highest BCUT2D eigenvalue weighted by Gasteiger charge is 2.40. The molecule has 0 aromatic carbocycles. The number of carboxylic acids is 1. The van der Waals surface area contributed by atoms with Gasteiger partial charge in [0.1, 0.15) is 5.82 Å². The van der Waals surface area contributed by atoms with Crippen LogP contribution in [0.2, 0.25) is 0 Å². The fraction of sp³-hybridized carbons (Fsp3) is 0.643. The summed E-state index contributed by atoms with van der Waals surface area (Å²) >= 11 is 0. The van der Waals surface area contributed by atoms with Gasteiger partial charge in [-0.1, -0.05) is 6.92 Å². The zero-order valence-corrected chi connectivity index (χ0v) is 11.6. The number of hydrogen-bond acceptors (Lipinski definition) is 3. The number of aliphatic carboxylic acids is 1. The third-order valence-corrected chi connectivity index (χ3v) is 3.90. The van der Waals surface area contributed by atoms with Gasteiger partial charge in [-0.25, -0.2) is 4.98 Å². The van der Waals surface area contributed by atoms with E-state index in [1.165, 1.54) is 0 Å². The first-order valence-electron chi connectivity index (χ1n) is 7.06. The number of carbonyl (C=O) groups is 2. The molecule has 1 aliphatic carbocycles. The molecule has 1 heterocycles. The van der Waals surface area contributed by atoms with Gasteiger partial charge < -0.3 is 15.4 Å². The first-order chi connectivity index (χ1) is 9.58. The van der Waals surface area contributed by atoms with E-state index in [0.29, 0.717) is 25.3 Å². The van der Waals surface area contributed by atoms with E-state index in [0.717, 1.165) is 18.7 Å². The Balaban J connectivity index is 1.75. The van der Waals surface area contributed by atoms with Crippen LogP contribution in [0.15, 0.2) is 12.4 Å². The van der Waals surface area contributed by atoms with Crippen molar-refractivity contribution in [2.45, 2.75) is 32.6 Å². The smallest absolute Gasteiger partial charge is 0.307 e. The van der Waals surface area contributed by atoms with Crippen LogP contribution >= 0.6 is 0 Å². The first kappa shape index (κ1) is 14.6. The molecule has 1 aromatic rings. The number of aromatic amines is 1. The summed E-state index contributed by atoms with van der Waals surface area (Å²) in [7, 11) is 0. The Labute approximate surface area is 118 Å². The molecule has 6 heteroatoms. The average molecular weight is 279 g/mol. The van der Waals surface area contributed by atoms with Crippen molar-refractivity contribution in [1.29, 1.82) is 0 Å². The summed E-state index contributed by atoms with van der Waals surface area (Å²) in [6.45, 7) is 2.55. The molecule has 0 radical (unpaired) electrons. The maximum absolute atomic E-state index is 12.1. The lowest BCUT2D eigenvalue weighted by Crippen LogP contribution is -2.35. The highest BCUT2D eigenvalue weighted by Crippen LogP contribution is 2.36. The third-order valence-electron chi connectivity index (χ3n) is 3.90. The largest absolute Gasteiger partial charge is 0.481 e. The zero-order valence-electron chi connectivity index (χ0n) is 11.6. The Kier molecular flexibility index (Phi) is 4.76. The summed E-state index contributed by atoms with van der Waals surface area (Å²) < 4.78 is 0. The number of nitrogens with zero attached hydrogens (tertiary/aromatic N) is 1. The van der Waals surface area contributed by atoms with Gasteiger partial charge in [-0.15, -0.1) is 0 Å². The molecule has 1 saturated carbocycles. The minimum atomic E-state index is -0.856. The average Bonchev–Trinajstić information content (AvgIpc) is 3.03. The molecule has 0 spiro atoms. The SMILES string of the molecule is CC1CC(C(=O)O)C(C(=O)NCCCc2ncc[nH]2)C1. The number of H-pyrrole nitrogens is 1. The maximum Gasteiger partial charge on any atom is 0.307 e. The number of aryl methyl sites for hydroxylation is 1. The van der Waals surface area contributed by atoms with Crippen molar-refractivity contribution in [1.82, 2.24) is 15.3 Å². The minimum Gasteiger partial charge on any atom is -0.481 e. The predicted molar refractivity (Wildman–Crippen MR) is 72.9 cm³/mol. The molecule has 0 bridgehead atoms. The maximum atomic E-state index is 12.1. The topological polar surface area (TPSA) is 95.1 Å². The second-order valence-electron chi connectivity index (χ2n) is 5.56. The van der Waals surface area contributed by atoms with Crippen molar-refractivity contribution in [3.8, 4) is 0 Å². The number of aromatic nitrogens is 2. The second kappa shape index (κ2) is 6.54. The molecule has 0 saturated heterocycles. The standard InChI is InChI=1S/C14H21N3O3/c1-9-7-10(11(8-9)14(19)20)13(18)17-4-2-3-12-15-5-6-16-12/h5-6,9-11H,2-4,7-8H2,1H3,(H,15,16)(H,17,18)(H,19,20). The van der Waals surface area contributed by atoms with Gasteiger partial charge in [0, 0.05) is 25.4 Å². The van der Waals surface area contributed by atoms with Crippen molar-refractivity contribution < 1.29 is 14.7 Å². The van der Waals surface area contributed by atoms with Crippen LogP contribution in [0.4, 0.5) is 0 Å². The van der Waals surface area contributed by atoms with Crippen LogP contribution in [0.5, 0.6) is 0 Å². The Morgan fingerprint density at radius 3 is 2.85 bits per heavy atom. The number of carboxylic acid groups (broad SMARTS) is 1. The number of imidazole rings is 1. The van der Waals surface area contributed by atoms with Gasteiger partial charge in [0.2, 0.25) is 5.91 Å². The van der Waals surface area contributed by atoms with Crippen LogP contribution in [0.3, 0.4) is 0 Å². The Morgan fingerprint density at radius 1 is 1.45 bits per heavy atom. The van der Waals surface area contributed by atoms with Crippen molar-refractivity contribution >= 4 is 11.9 Å². The number of nitrogens with one attached hydrogen (secondary N) is 2. The van der Waals surface area contributed by atoms with Crippen LogP contribution in [0.25, 0.3) is 0 Å². The Bertz CT molecular complexity index is 458. The lowest BCUT2D eigenvalue weighted by molar-refractivity contribution is -0.146. The third kappa shape index (κ3) is 3.59. The summed E-state index contributed by atoms with van der Waals surface area (Å²) in [5.74, 6) is -0.695. The number of rotatable bonds is 6. The van der Waals surface area contributed by atoms with E-state index in [9.17, 15) is 9.59 Å². The highest BCUT2D eigenvalue weighted by molar-refractivity contribution is 5.85. The second-order valence-corrected chi connectivity index (χ2v) is 5.56. The summed E-state index contributed by atoms with van der Waals surface area (Å²) in [5, 5.41) is 12.0. The summed E-state index contributed by atoms with van der Waals surface area (Å²) in [5.41, 5.74) is 0. The fourth-order valence-corrected chi connectivity index (χ4v) is 2.89. The van der Waals surface area contributed by atoms with Crippen LogP contribution in [-0.2, 0) is 16.0 Å². The summed E-state index contributed by atoms with van der Waals surface area (Å²) in [6, 6.07) is 0. The van der Waals surface area contributed by atoms with E-state index in [4.69, 9.17) is 5.11 Å². The number of amides is 1. The van der Waals surface area contributed by atoms with Crippen LogP contribution in [-0.4, -0.2) is 33.5 Å². The van der Waals surface area contributed by atoms with Gasteiger partial charge in [-0.05, 0) is 25.2 Å². The van der Waals surface area contributed by atoms with Gasteiger partial charge in [0.25, 0.3) is 0 Å². The lowest BCUT2D eigenvalue weighted by atomic mass is 9.95. The van der Waals surface area contributed by atoms with Gasteiger partial charge >= 0.3 is 5.97 Å². The summed E-state index contributed by atoms with van der Waals surface area (Å²) in [6.07, 6.45) is 6.30. The van der Waals surface area contributed by atoms with Crippen molar-refractivity contribution in [2.24, 2.45) is 17.8 Å². The number of hydrogen-bond donors (Lipinski definition) is 3.